The minimum Gasteiger partial charge on any atom is -0.362 e. The van der Waals surface area contributed by atoms with Crippen LogP contribution in [0, 0.1) is 16.0 Å². The van der Waals surface area contributed by atoms with Crippen molar-refractivity contribution in [3.8, 4) is 0 Å². The number of amides is 1. The normalized spacial score (nSPS) is 18.0. The molecule has 1 saturated carbocycles. The minimum absolute atomic E-state index is 0.0227. The number of nitrogens with one attached hydrogen (secondary N) is 2. The summed E-state index contributed by atoms with van der Waals surface area (Å²) in [6.07, 6.45) is 3.94. The van der Waals surface area contributed by atoms with E-state index in [1.165, 1.54) is 24.3 Å². The predicted octanol–water partition coefficient (Wildman–Crippen LogP) is 4.00. The largest absolute Gasteiger partial charge is 0.362 e. The third kappa shape index (κ3) is 5.36. The number of anilines is 2. The summed E-state index contributed by atoms with van der Waals surface area (Å²) in [5.41, 5.74) is 1.33. The van der Waals surface area contributed by atoms with Gasteiger partial charge in [0.25, 0.3) is 11.6 Å². The van der Waals surface area contributed by atoms with Crippen LogP contribution in [-0.2, 0) is 0 Å². The molecule has 0 unspecified atom stereocenters. The molecule has 172 valence electrons. The molecule has 0 saturated heterocycles. The Morgan fingerprint density at radius 1 is 1.06 bits per heavy atom. The molecule has 2 N–H and O–H groups in total. The minimum atomic E-state index is -0.474. The van der Waals surface area contributed by atoms with Crippen LogP contribution >= 0.6 is 0 Å². The fourth-order valence-corrected chi connectivity index (χ4v) is 4.23. The Balaban J connectivity index is 1.29. The second-order valence-electron chi connectivity index (χ2n) is 8.66. The Hall–Kier alpha value is -3.75. The number of non-ortho nitro benzene ring substituents is 1. The lowest BCUT2D eigenvalue weighted by molar-refractivity contribution is -0.384. The van der Waals surface area contributed by atoms with E-state index in [9.17, 15) is 14.9 Å². The molecule has 0 bridgehead atoms. The first-order valence-electron chi connectivity index (χ1n) is 11.1. The van der Waals surface area contributed by atoms with E-state index in [0.29, 0.717) is 30.0 Å². The Kier molecular flexibility index (Phi) is 6.67. The number of hydrogen-bond acceptors (Lipinski definition) is 7. The highest BCUT2D eigenvalue weighted by Gasteiger charge is 2.23. The van der Waals surface area contributed by atoms with E-state index in [0.717, 1.165) is 42.4 Å². The molecule has 0 aliphatic heterocycles. The van der Waals surface area contributed by atoms with Gasteiger partial charge in [0, 0.05) is 49.8 Å². The molecular formula is C24H28N6O3. The second-order valence-corrected chi connectivity index (χ2v) is 8.66. The maximum Gasteiger partial charge on any atom is 0.269 e. The lowest BCUT2D eigenvalue weighted by Gasteiger charge is -2.29. The highest BCUT2D eigenvalue weighted by atomic mass is 16.6. The molecule has 2 aromatic carbocycles. The number of hydrogen-bond donors (Lipinski definition) is 2. The summed E-state index contributed by atoms with van der Waals surface area (Å²) >= 11 is 0. The third-order valence-electron chi connectivity index (χ3n) is 6.08. The molecule has 4 rings (SSSR count). The monoisotopic (exact) mass is 448 g/mol. The highest BCUT2D eigenvalue weighted by molar-refractivity contribution is 5.94. The molecule has 3 aromatic rings. The number of fused-ring (bicyclic) bond motifs is 1. The van der Waals surface area contributed by atoms with Crippen molar-refractivity contribution in [2.45, 2.75) is 31.7 Å². The molecule has 9 nitrogen and oxygen atoms in total. The molecule has 0 radical (unpaired) electrons. The summed E-state index contributed by atoms with van der Waals surface area (Å²) < 4.78 is 0. The molecule has 9 heteroatoms. The lowest BCUT2D eigenvalue weighted by atomic mass is 9.86. The lowest BCUT2D eigenvalue weighted by Crippen LogP contribution is -2.34. The Morgan fingerprint density at radius 2 is 1.76 bits per heavy atom. The van der Waals surface area contributed by atoms with Gasteiger partial charge in [-0.05, 0) is 55.9 Å². The molecular weight excluding hydrogens is 420 g/mol. The van der Waals surface area contributed by atoms with Crippen LogP contribution < -0.4 is 15.5 Å². The molecule has 1 heterocycles. The number of nitro groups is 1. The van der Waals surface area contributed by atoms with Crippen molar-refractivity contribution in [2.75, 3.05) is 30.9 Å². The quantitative estimate of drug-likeness (QED) is 0.415. The zero-order chi connectivity index (χ0) is 23.4. The van der Waals surface area contributed by atoms with Gasteiger partial charge in [-0.2, -0.15) is 4.98 Å². The van der Waals surface area contributed by atoms with E-state index in [2.05, 4.69) is 10.6 Å². The van der Waals surface area contributed by atoms with Gasteiger partial charge in [-0.1, -0.05) is 12.1 Å². The molecule has 33 heavy (non-hydrogen) atoms. The van der Waals surface area contributed by atoms with Crippen molar-refractivity contribution in [3.63, 3.8) is 0 Å². The predicted molar refractivity (Wildman–Crippen MR) is 129 cm³/mol. The highest BCUT2D eigenvalue weighted by Crippen LogP contribution is 2.28. The van der Waals surface area contributed by atoms with E-state index in [-0.39, 0.29) is 11.6 Å². The Bertz CT molecular complexity index is 1140. The first-order chi connectivity index (χ1) is 15.9. The number of para-hydroxylation sites is 1. The van der Waals surface area contributed by atoms with Gasteiger partial charge >= 0.3 is 0 Å². The first-order valence-corrected chi connectivity index (χ1v) is 11.1. The van der Waals surface area contributed by atoms with Gasteiger partial charge in [-0.15, -0.1) is 0 Å². The van der Waals surface area contributed by atoms with E-state index in [1.54, 1.807) is 0 Å². The topological polar surface area (TPSA) is 113 Å². The third-order valence-corrected chi connectivity index (χ3v) is 6.08. The van der Waals surface area contributed by atoms with Crippen LogP contribution in [-0.4, -0.2) is 47.5 Å². The molecule has 0 atom stereocenters. The van der Waals surface area contributed by atoms with E-state index in [1.807, 2.05) is 43.3 Å². The Labute approximate surface area is 192 Å². The van der Waals surface area contributed by atoms with Crippen LogP contribution in [0.15, 0.2) is 48.5 Å². The van der Waals surface area contributed by atoms with Gasteiger partial charge < -0.3 is 15.5 Å². The maximum atomic E-state index is 12.4. The van der Waals surface area contributed by atoms with Crippen molar-refractivity contribution in [2.24, 2.45) is 5.92 Å². The SMILES string of the molecule is CN(C)c1nc(N[C@H]2CC[C@@H](CNC(=O)c3ccc([N+](=O)[O-])cc3)CC2)nc2ccccc12. The van der Waals surface area contributed by atoms with Gasteiger partial charge in [-0.3, -0.25) is 14.9 Å². The number of benzene rings is 2. The zero-order valence-corrected chi connectivity index (χ0v) is 18.8. The van der Waals surface area contributed by atoms with E-state index in [4.69, 9.17) is 9.97 Å². The standard InChI is InChI=1S/C24H28N6O3/c1-29(2)22-20-5-3-4-6-21(20)27-24(28-22)26-18-11-7-16(8-12-18)15-25-23(31)17-9-13-19(14-10-17)30(32)33/h3-6,9-10,13-14,16,18H,7-8,11-12,15H2,1-2H3,(H,25,31)(H,26,27,28)/t16-,18+. The number of carbonyl (C=O) groups excluding carboxylic acids is 1. The zero-order valence-electron chi connectivity index (χ0n) is 18.8. The molecule has 1 aromatic heterocycles. The number of nitrogens with zero attached hydrogens (tertiary/aromatic N) is 4. The molecule has 0 spiro atoms. The summed E-state index contributed by atoms with van der Waals surface area (Å²) in [5.74, 6) is 1.74. The van der Waals surface area contributed by atoms with Gasteiger partial charge in [0.05, 0.1) is 10.4 Å². The number of rotatable bonds is 7. The maximum absolute atomic E-state index is 12.4. The van der Waals surface area contributed by atoms with Crippen molar-refractivity contribution in [1.82, 2.24) is 15.3 Å². The van der Waals surface area contributed by atoms with Crippen molar-refractivity contribution < 1.29 is 9.72 Å². The van der Waals surface area contributed by atoms with Crippen molar-refractivity contribution in [3.05, 3.63) is 64.2 Å². The smallest absolute Gasteiger partial charge is 0.269 e. The summed E-state index contributed by atoms with van der Waals surface area (Å²) in [6.45, 7) is 0.597. The van der Waals surface area contributed by atoms with Crippen LogP contribution in [0.1, 0.15) is 36.0 Å². The summed E-state index contributed by atoms with van der Waals surface area (Å²) in [4.78, 5) is 34.1. The fourth-order valence-electron chi connectivity index (χ4n) is 4.23. The molecule has 1 aliphatic rings. The second kappa shape index (κ2) is 9.81. The van der Waals surface area contributed by atoms with Crippen LogP contribution in [0.4, 0.5) is 17.5 Å². The average molecular weight is 449 g/mol. The molecule has 1 aliphatic carbocycles. The van der Waals surface area contributed by atoms with Crippen LogP contribution in [0.5, 0.6) is 0 Å². The summed E-state index contributed by atoms with van der Waals surface area (Å²) in [7, 11) is 3.96. The van der Waals surface area contributed by atoms with Crippen LogP contribution in [0.25, 0.3) is 10.9 Å². The first kappa shape index (κ1) is 22.4. The van der Waals surface area contributed by atoms with Crippen molar-refractivity contribution >= 4 is 34.3 Å². The number of aromatic nitrogens is 2. The van der Waals surface area contributed by atoms with E-state index < -0.39 is 4.92 Å². The summed E-state index contributed by atoms with van der Waals surface area (Å²) in [6, 6.07) is 14.0. The van der Waals surface area contributed by atoms with E-state index >= 15 is 0 Å². The fraction of sp³-hybridized carbons (Fsp3) is 0.375. The van der Waals surface area contributed by atoms with Gasteiger partial charge in [-0.25, -0.2) is 4.98 Å². The molecule has 1 fully saturated rings. The molecule has 1 amide bonds. The van der Waals surface area contributed by atoms with Gasteiger partial charge in [0.15, 0.2) is 0 Å². The summed E-state index contributed by atoms with van der Waals surface area (Å²) in [5, 5.41) is 18.2. The van der Waals surface area contributed by atoms with Crippen LogP contribution in [0.3, 0.4) is 0 Å². The number of nitro benzene ring substituents is 1. The average Bonchev–Trinajstić information content (AvgIpc) is 2.83. The van der Waals surface area contributed by atoms with Crippen molar-refractivity contribution in [1.29, 1.82) is 0 Å². The Morgan fingerprint density at radius 3 is 2.42 bits per heavy atom. The van der Waals surface area contributed by atoms with Gasteiger partial charge in [0.1, 0.15) is 5.82 Å². The van der Waals surface area contributed by atoms with Crippen LogP contribution in [0.2, 0.25) is 0 Å². The van der Waals surface area contributed by atoms with Gasteiger partial charge in [0.2, 0.25) is 5.95 Å². The number of carbonyl (C=O) groups is 1.